The van der Waals surface area contributed by atoms with E-state index in [1.165, 1.54) is 13.8 Å². The number of rotatable bonds is 2. The van der Waals surface area contributed by atoms with Crippen LogP contribution in [0.5, 0.6) is 11.5 Å². The second kappa shape index (κ2) is 29.9. The summed E-state index contributed by atoms with van der Waals surface area (Å²) in [4.78, 5) is 9.44. The van der Waals surface area contributed by atoms with Gasteiger partial charge in [0.2, 0.25) is 0 Å². The minimum absolute atomic E-state index is 0.167. The molecule has 0 saturated heterocycles. The normalized spacial score (nSPS) is 6.96. The lowest BCUT2D eigenvalue weighted by Crippen LogP contribution is -1.81. The van der Waals surface area contributed by atoms with Crippen LogP contribution in [0.25, 0.3) is 0 Å². The summed E-state index contributed by atoms with van der Waals surface area (Å²) in [7, 11) is 0. The molecule has 0 radical (unpaired) electrons. The van der Waals surface area contributed by atoms with Crippen LogP contribution in [0.3, 0.4) is 0 Å². The third kappa shape index (κ3) is 27.1. The third-order valence-corrected chi connectivity index (χ3v) is 1.72. The first-order valence-electron chi connectivity index (χ1n) is 9.43. The molecule has 0 heterocycles. The maximum Gasteiger partial charge on any atom is 0.127 e. The van der Waals surface area contributed by atoms with E-state index in [2.05, 4.69) is 0 Å². The zero-order valence-electron chi connectivity index (χ0n) is 18.1. The van der Waals surface area contributed by atoms with Crippen LogP contribution in [-0.2, 0) is 4.79 Å². The van der Waals surface area contributed by atoms with Gasteiger partial charge in [-0.2, -0.15) is 0 Å². The van der Waals surface area contributed by atoms with Crippen LogP contribution in [0.4, 0.5) is 0 Å². The second-order valence-corrected chi connectivity index (χ2v) is 3.64. The lowest BCUT2D eigenvalue weighted by Gasteiger charge is -2.03. The Morgan fingerprint density at radius 1 is 0.560 bits per heavy atom. The molecule has 0 aromatic heterocycles. The molecule has 0 fully saturated rings. The molecule has 0 unspecified atom stereocenters. The van der Waals surface area contributed by atoms with E-state index < -0.39 is 0 Å². The summed E-state index contributed by atoms with van der Waals surface area (Å²) in [6, 6.07) is 19.5. The molecule has 2 rings (SSSR count). The van der Waals surface area contributed by atoms with Crippen molar-refractivity contribution in [2.75, 3.05) is 0 Å². The first-order valence-corrected chi connectivity index (χ1v) is 9.43. The number of para-hydroxylation sites is 2. The van der Waals surface area contributed by atoms with Gasteiger partial charge in [0.05, 0.1) is 0 Å². The number of hydrogen-bond acceptors (Lipinski definition) is 2. The Hall–Kier alpha value is -2.09. The number of hydrogen-bond donors (Lipinski definition) is 0. The molecule has 0 atom stereocenters. The highest BCUT2D eigenvalue weighted by Gasteiger charge is 1.92. The Kier molecular flexibility index (Phi) is 36.7. The fraction of sp³-hybridized carbons (Fsp3) is 0.435. The minimum atomic E-state index is 0.167. The van der Waals surface area contributed by atoms with Crippen LogP contribution in [0, 0.1) is 0 Å². The third-order valence-electron chi connectivity index (χ3n) is 1.72. The highest BCUT2D eigenvalue weighted by molar-refractivity contribution is 5.72. The molecule has 0 N–H and O–H groups in total. The lowest BCUT2D eigenvalue weighted by atomic mass is 10.3. The summed E-state index contributed by atoms with van der Waals surface area (Å²) < 4.78 is 5.58. The quantitative estimate of drug-likeness (QED) is 0.547. The second-order valence-electron chi connectivity index (χ2n) is 3.64. The Morgan fingerprint density at radius 2 is 0.760 bits per heavy atom. The number of ketones is 1. The van der Waals surface area contributed by atoms with Gasteiger partial charge < -0.3 is 9.53 Å². The molecule has 0 saturated carbocycles. The van der Waals surface area contributed by atoms with E-state index in [1.807, 2.05) is 116 Å². The smallest absolute Gasteiger partial charge is 0.127 e. The van der Waals surface area contributed by atoms with Gasteiger partial charge in [-0.1, -0.05) is 91.8 Å². The van der Waals surface area contributed by atoms with E-state index in [-0.39, 0.29) is 5.78 Å². The van der Waals surface area contributed by atoms with Gasteiger partial charge in [0.15, 0.2) is 0 Å². The number of benzene rings is 2. The first kappa shape index (κ1) is 30.8. The van der Waals surface area contributed by atoms with E-state index in [0.29, 0.717) is 0 Å². The Morgan fingerprint density at radius 3 is 0.960 bits per heavy atom. The molecule has 2 aromatic rings. The molecule has 0 spiro atoms. The SMILES string of the molecule is CC.CC.CC.CC.CC(C)=O.c1ccc(Oc2ccccc2)cc1. The zero-order valence-corrected chi connectivity index (χ0v) is 18.1. The van der Waals surface area contributed by atoms with Crippen molar-refractivity contribution in [3.8, 4) is 11.5 Å². The number of Topliss-reactive ketones (excluding diaryl/α,β-unsaturated/α-hetero) is 1. The standard InChI is InChI=1S/C12H10O.C3H6O.4C2H6/c1-3-7-11(8-4-1)13-12-9-5-2-6-10-12;1-3(2)4;4*1-2/h1-10H;1-2H3;4*1-2H3. The van der Waals surface area contributed by atoms with Crippen LogP contribution in [-0.4, -0.2) is 5.78 Å². The number of carbonyl (C=O) groups excluding carboxylic acids is 1. The fourth-order valence-electron chi connectivity index (χ4n) is 1.11. The van der Waals surface area contributed by atoms with E-state index in [0.717, 1.165) is 11.5 Å². The molecule has 0 amide bonds. The summed E-state index contributed by atoms with van der Waals surface area (Å²) in [6.45, 7) is 19.1. The highest BCUT2D eigenvalue weighted by atomic mass is 16.5. The van der Waals surface area contributed by atoms with Crippen molar-refractivity contribution < 1.29 is 9.53 Å². The van der Waals surface area contributed by atoms with Crippen molar-refractivity contribution in [1.82, 2.24) is 0 Å². The van der Waals surface area contributed by atoms with Gasteiger partial charge in [-0.05, 0) is 38.1 Å². The number of ether oxygens (including phenoxy) is 1. The molecule has 0 bridgehead atoms. The molecule has 2 nitrogen and oxygen atoms in total. The van der Waals surface area contributed by atoms with Crippen LogP contribution >= 0.6 is 0 Å². The predicted octanol–water partition coefficient (Wildman–Crippen LogP) is 8.18. The molecule has 0 aliphatic heterocycles. The maximum absolute atomic E-state index is 9.44. The molecule has 0 aliphatic rings. The van der Waals surface area contributed by atoms with Crippen molar-refractivity contribution >= 4 is 5.78 Å². The molecule has 144 valence electrons. The lowest BCUT2D eigenvalue weighted by molar-refractivity contribution is -0.114. The highest BCUT2D eigenvalue weighted by Crippen LogP contribution is 2.19. The van der Waals surface area contributed by atoms with Gasteiger partial charge >= 0.3 is 0 Å². The molecule has 25 heavy (non-hydrogen) atoms. The van der Waals surface area contributed by atoms with Gasteiger partial charge in [-0.3, -0.25) is 0 Å². The molecular weight excluding hydrogens is 308 g/mol. The van der Waals surface area contributed by atoms with E-state index >= 15 is 0 Å². The maximum atomic E-state index is 9.44. The molecule has 0 aliphatic carbocycles. The van der Waals surface area contributed by atoms with Crippen molar-refractivity contribution in [3.05, 3.63) is 60.7 Å². The zero-order chi connectivity index (χ0) is 20.5. The number of carbonyl (C=O) groups is 1. The van der Waals surface area contributed by atoms with Crippen molar-refractivity contribution in [2.24, 2.45) is 0 Å². The predicted molar refractivity (Wildman–Crippen MR) is 115 cm³/mol. The van der Waals surface area contributed by atoms with Crippen LogP contribution < -0.4 is 4.74 Å². The first-order chi connectivity index (χ1) is 12.2. The van der Waals surface area contributed by atoms with Gasteiger partial charge in [0.25, 0.3) is 0 Å². The average Bonchev–Trinajstić information content (AvgIpc) is 2.69. The summed E-state index contributed by atoms with van der Waals surface area (Å²) in [5, 5.41) is 0. The van der Waals surface area contributed by atoms with Gasteiger partial charge in [0.1, 0.15) is 17.3 Å². The monoisotopic (exact) mass is 348 g/mol. The summed E-state index contributed by atoms with van der Waals surface area (Å²) in [5.41, 5.74) is 0. The van der Waals surface area contributed by atoms with Crippen LogP contribution in [0.15, 0.2) is 60.7 Å². The fourth-order valence-corrected chi connectivity index (χ4v) is 1.11. The van der Waals surface area contributed by atoms with E-state index in [1.54, 1.807) is 0 Å². The summed E-state index contributed by atoms with van der Waals surface area (Å²) in [6.07, 6.45) is 0. The van der Waals surface area contributed by atoms with E-state index in [4.69, 9.17) is 4.74 Å². The molecular formula is C23H40O2. The topological polar surface area (TPSA) is 26.3 Å². The van der Waals surface area contributed by atoms with Crippen LogP contribution in [0.1, 0.15) is 69.2 Å². The van der Waals surface area contributed by atoms with Gasteiger partial charge in [-0.25, -0.2) is 0 Å². The van der Waals surface area contributed by atoms with Crippen molar-refractivity contribution in [1.29, 1.82) is 0 Å². The van der Waals surface area contributed by atoms with Gasteiger partial charge in [0, 0.05) is 0 Å². The Bertz CT molecular complexity index is 395. The Balaban J connectivity index is -0.000000156. The van der Waals surface area contributed by atoms with Crippen LogP contribution in [0.2, 0.25) is 0 Å². The van der Waals surface area contributed by atoms with Crippen molar-refractivity contribution in [3.63, 3.8) is 0 Å². The average molecular weight is 349 g/mol. The summed E-state index contributed by atoms with van der Waals surface area (Å²) >= 11 is 0. The van der Waals surface area contributed by atoms with Gasteiger partial charge in [-0.15, -0.1) is 0 Å². The minimum Gasteiger partial charge on any atom is -0.457 e. The summed E-state index contributed by atoms with van der Waals surface area (Å²) in [5.74, 6) is 1.91. The largest absolute Gasteiger partial charge is 0.457 e. The Labute approximate surface area is 157 Å². The van der Waals surface area contributed by atoms with E-state index in [9.17, 15) is 4.79 Å². The van der Waals surface area contributed by atoms with Crippen molar-refractivity contribution in [2.45, 2.75) is 69.2 Å². The molecule has 2 aromatic carbocycles. The molecule has 2 heteroatoms.